The number of ether oxygens (including phenoxy) is 2. The van der Waals surface area contributed by atoms with E-state index in [4.69, 9.17) is 9.47 Å². The Kier molecular flexibility index (Phi) is 3.92. The fraction of sp³-hybridized carbons (Fsp3) is 0.529. The molecular weight excluding hydrogens is 296 g/mol. The lowest BCUT2D eigenvalue weighted by molar-refractivity contribution is -0.150. The van der Waals surface area contributed by atoms with Crippen molar-refractivity contribution in [2.45, 2.75) is 24.9 Å². The molecule has 124 valence electrons. The number of rotatable bonds is 4. The molecule has 2 fully saturated rings. The zero-order valence-electron chi connectivity index (χ0n) is 13.7. The van der Waals surface area contributed by atoms with Crippen molar-refractivity contribution >= 4 is 12.0 Å². The van der Waals surface area contributed by atoms with E-state index in [1.54, 1.807) is 24.0 Å². The van der Waals surface area contributed by atoms with E-state index in [1.807, 2.05) is 31.2 Å². The van der Waals surface area contributed by atoms with Crippen LogP contribution in [0.5, 0.6) is 5.75 Å². The summed E-state index contributed by atoms with van der Waals surface area (Å²) in [5.74, 6) is 0.961. The topological polar surface area (TPSA) is 59.1 Å². The van der Waals surface area contributed by atoms with Crippen LogP contribution in [0.4, 0.5) is 4.79 Å². The van der Waals surface area contributed by atoms with Crippen molar-refractivity contribution in [2.24, 2.45) is 0 Å². The number of amides is 2. The fourth-order valence-corrected chi connectivity index (χ4v) is 3.36. The van der Waals surface area contributed by atoms with Crippen LogP contribution in [-0.2, 0) is 9.53 Å². The van der Waals surface area contributed by atoms with Crippen LogP contribution in [0.25, 0.3) is 0 Å². The first-order valence-electron chi connectivity index (χ1n) is 7.79. The Balaban J connectivity index is 1.58. The molecule has 0 aliphatic carbocycles. The monoisotopic (exact) mass is 318 g/mol. The van der Waals surface area contributed by atoms with Gasteiger partial charge < -0.3 is 19.3 Å². The molecule has 0 bridgehead atoms. The highest BCUT2D eigenvalue weighted by atomic mass is 16.6. The van der Waals surface area contributed by atoms with Gasteiger partial charge in [0.2, 0.25) is 5.91 Å². The van der Waals surface area contributed by atoms with Gasteiger partial charge in [0.25, 0.3) is 0 Å². The third kappa shape index (κ3) is 2.85. The van der Waals surface area contributed by atoms with Crippen molar-refractivity contribution in [3.05, 3.63) is 29.8 Å². The maximum absolute atomic E-state index is 12.4. The Morgan fingerprint density at radius 1 is 1.35 bits per heavy atom. The number of benzene rings is 1. The molecule has 23 heavy (non-hydrogen) atoms. The van der Waals surface area contributed by atoms with Crippen LogP contribution in [0.2, 0.25) is 0 Å². The van der Waals surface area contributed by atoms with Crippen LogP contribution in [0.3, 0.4) is 0 Å². The second-order valence-electron chi connectivity index (χ2n) is 6.50. The van der Waals surface area contributed by atoms with Gasteiger partial charge in [-0.15, -0.1) is 0 Å². The van der Waals surface area contributed by atoms with Gasteiger partial charge in [-0.2, -0.15) is 0 Å². The highest BCUT2D eigenvalue weighted by Crippen LogP contribution is 2.34. The summed E-state index contributed by atoms with van der Waals surface area (Å²) in [6.07, 6.45) is 0.111. The maximum atomic E-state index is 12.4. The minimum atomic E-state index is -0.491. The zero-order chi connectivity index (χ0) is 16.6. The van der Waals surface area contributed by atoms with E-state index in [0.717, 1.165) is 11.3 Å². The predicted octanol–water partition coefficient (Wildman–Crippen LogP) is 1.85. The van der Waals surface area contributed by atoms with Crippen LogP contribution < -0.4 is 4.74 Å². The molecule has 1 atom stereocenters. The molecule has 2 aliphatic heterocycles. The molecule has 1 unspecified atom stereocenters. The zero-order valence-corrected chi connectivity index (χ0v) is 13.7. The van der Waals surface area contributed by atoms with Gasteiger partial charge in [-0.1, -0.05) is 25.1 Å². The summed E-state index contributed by atoms with van der Waals surface area (Å²) in [5.41, 5.74) is 0.542. The van der Waals surface area contributed by atoms with Gasteiger partial charge >= 0.3 is 6.09 Å². The van der Waals surface area contributed by atoms with E-state index >= 15 is 0 Å². The van der Waals surface area contributed by atoms with Gasteiger partial charge in [0, 0.05) is 13.5 Å². The Hall–Kier alpha value is -2.24. The number of hydrogen-bond acceptors (Lipinski definition) is 4. The number of carbonyl (C=O) groups excluding carboxylic acids is 2. The summed E-state index contributed by atoms with van der Waals surface area (Å²) >= 11 is 0. The molecule has 3 rings (SSSR count). The van der Waals surface area contributed by atoms with Crippen LogP contribution in [-0.4, -0.2) is 61.2 Å². The van der Waals surface area contributed by atoms with E-state index in [1.165, 1.54) is 0 Å². The van der Waals surface area contributed by atoms with Crippen molar-refractivity contribution in [1.82, 2.24) is 9.80 Å². The molecular formula is C17H22N2O4. The number of nitrogens with zero attached hydrogens (tertiary/aromatic N) is 2. The molecule has 1 aromatic rings. The summed E-state index contributed by atoms with van der Waals surface area (Å²) in [6.45, 7) is 3.55. The number of hydrogen-bond donors (Lipinski definition) is 0. The molecule has 1 spiro atoms. The molecule has 0 N–H and O–H groups in total. The third-order valence-electron chi connectivity index (χ3n) is 4.60. The Morgan fingerprint density at radius 2 is 2.04 bits per heavy atom. The lowest BCUT2D eigenvalue weighted by atomic mass is 9.91. The summed E-state index contributed by atoms with van der Waals surface area (Å²) in [6, 6.07) is 7.76. The SMILES string of the molecule is COc1ccccc1C(C)CC(=O)N1CC2(CN(C)C(=O)O2)C1. The van der Waals surface area contributed by atoms with Gasteiger partial charge in [-0.05, 0) is 17.5 Å². The molecule has 0 aromatic heterocycles. The maximum Gasteiger partial charge on any atom is 0.410 e. The molecule has 0 radical (unpaired) electrons. The second kappa shape index (κ2) is 5.76. The average Bonchev–Trinajstić information content (AvgIpc) is 2.81. The Bertz CT molecular complexity index is 625. The second-order valence-corrected chi connectivity index (χ2v) is 6.50. The number of carbonyl (C=O) groups is 2. The van der Waals surface area contributed by atoms with Crippen LogP contribution in [0.1, 0.15) is 24.8 Å². The van der Waals surface area contributed by atoms with E-state index in [-0.39, 0.29) is 17.9 Å². The van der Waals surface area contributed by atoms with Crippen molar-refractivity contribution in [2.75, 3.05) is 33.8 Å². The first-order chi connectivity index (χ1) is 10.9. The van der Waals surface area contributed by atoms with Crippen LogP contribution in [0, 0.1) is 0 Å². The van der Waals surface area contributed by atoms with Gasteiger partial charge in [0.1, 0.15) is 5.75 Å². The molecule has 1 aromatic carbocycles. The predicted molar refractivity (Wildman–Crippen MR) is 84.4 cm³/mol. The molecule has 2 amide bonds. The molecule has 2 aliphatic rings. The largest absolute Gasteiger partial charge is 0.496 e. The standard InChI is InChI=1S/C17H22N2O4/c1-12(13-6-4-5-7-14(13)22-3)8-15(20)19-10-17(11-19)9-18(2)16(21)23-17/h4-7,12H,8-11H2,1-3H3. The van der Waals surface area contributed by atoms with E-state index in [0.29, 0.717) is 26.1 Å². The van der Waals surface area contributed by atoms with E-state index in [9.17, 15) is 9.59 Å². The van der Waals surface area contributed by atoms with Gasteiger partial charge in [-0.3, -0.25) is 4.79 Å². The number of likely N-dealkylation sites (N-methyl/N-ethyl adjacent to an activating group) is 1. The average molecular weight is 318 g/mol. The molecule has 6 heteroatoms. The van der Waals surface area contributed by atoms with Crippen molar-refractivity contribution < 1.29 is 19.1 Å². The number of para-hydroxylation sites is 1. The highest BCUT2D eigenvalue weighted by Gasteiger charge is 2.54. The summed E-state index contributed by atoms with van der Waals surface area (Å²) in [4.78, 5) is 27.2. The van der Waals surface area contributed by atoms with Crippen LogP contribution >= 0.6 is 0 Å². The molecule has 2 saturated heterocycles. The highest BCUT2D eigenvalue weighted by molar-refractivity contribution is 5.79. The van der Waals surface area contributed by atoms with Gasteiger partial charge in [0.05, 0.1) is 26.7 Å². The fourth-order valence-electron chi connectivity index (χ4n) is 3.36. The Morgan fingerprint density at radius 3 is 2.65 bits per heavy atom. The Labute approximate surface area is 136 Å². The van der Waals surface area contributed by atoms with Crippen molar-refractivity contribution in [1.29, 1.82) is 0 Å². The van der Waals surface area contributed by atoms with Gasteiger partial charge in [-0.25, -0.2) is 4.79 Å². The minimum absolute atomic E-state index is 0.0731. The lowest BCUT2D eigenvalue weighted by Gasteiger charge is -2.45. The molecule has 6 nitrogen and oxygen atoms in total. The smallest absolute Gasteiger partial charge is 0.410 e. The van der Waals surface area contributed by atoms with Crippen molar-refractivity contribution in [3.63, 3.8) is 0 Å². The quantitative estimate of drug-likeness (QED) is 0.850. The van der Waals surface area contributed by atoms with E-state index in [2.05, 4.69) is 0 Å². The first kappa shape index (κ1) is 15.6. The summed E-state index contributed by atoms with van der Waals surface area (Å²) in [5, 5.41) is 0. The van der Waals surface area contributed by atoms with E-state index < -0.39 is 5.60 Å². The lowest BCUT2D eigenvalue weighted by Crippen LogP contribution is -2.65. The molecule has 0 saturated carbocycles. The first-order valence-corrected chi connectivity index (χ1v) is 7.79. The summed E-state index contributed by atoms with van der Waals surface area (Å²) < 4.78 is 10.7. The summed E-state index contributed by atoms with van der Waals surface area (Å²) in [7, 11) is 3.35. The third-order valence-corrected chi connectivity index (χ3v) is 4.60. The number of likely N-dealkylation sites (tertiary alicyclic amines) is 1. The number of methoxy groups -OCH3 is 1. The van der Waals surface area contributed by atoms with Gasteiger partial charge in [0.15, 0.2) is 5.60 Å². The minimum Gasteiger partial charge on any atom is -0.496 e. The van der Waals surface area contributed by atoms with Crippen LogP contribution in [0.15, 0.2) is 24.3 Å². The van der Waals surface area contributed by atoms with Crippen molar-refractivity contribution in [3.8, 4) is 5.75 Å². The normalized spacial score (nSPS) is 20.2. The molecule has 2 heterocycles.